The fourth-order valence-corrected chi connectivity index (χ4v) is 4.93. The summed E-state index contributed by atoms with van der Waals surface area (Å²) in [6, 6.07) is 23.4. The molecule has 0 radical (unpaired) electrons. The summed E-state index contributed by atoms with van der Waals surface area (Å²) in [5, 5.41) is 6.90. The van der Waals surface area contributed by atoms with Crippen molar-refractivity contribution in [3.05, 3.63) is 103 Å². The Bertz CT molecular complexity index is 1390. The number of anilines is 2. The fourth-order valence-electron chi connectivity index (χ4n) is 4.58. The van der Waals surface area contributed by atoms with Crippen molar-refractivity contribution in [3.63, 3.8) is 0 Å². The lowest BCUT2D eigenvalue weighted by atomic mass is 9.98. The molecular formula is C28H27N5O3S. The normalized spacial score (nSPS) is 16.9. The van der Waals surface area contributed by atoms with Gasteiger partial charge in [0.2, 0.25) is 5.91 Å². The van der Waals surface area contributed by atoms with Gasteiger partial charge in [-0.15, -0.1) is 0 Å². The Labute approximate surface area is 220 Å². The lowest BCUT2D eigenvalue weighted by Crippen LogP contribution is -2.29. The first-order valence-electron chi connectivity index (χ1n) is 11.8. The number of hydrogen-bond donors (Lipinski definition) is 2. The highest BCUT2D eigenvalue weighted by Crippen LogP contribution is 2.43. The van der Waals surface area contributed by atoms with Gasteiger partial charge < -0.3 is 29.6 Å². The van der Waals surface area contributed by atoms with Crippen molar-refractivity contribution >= 4 is 34.6 Å². The number of nitrogens with one attached hydrogen (secondary N) is 2. The van der Waals surface area contributed by atoms with E-state index in [2.05, 4.69) is 49.5 Å². The summed E-state index contributed by atoms with van der Waals surface area (Å²) in [7, 11) is 3.04. The van der Waals surface area contributed by atoms with Gasteiger partial charge in [0.15, 0.2) is 5.11 Å². The minimum Gasteiger partial charge on any atom is -0.495 e. The number of benzene rings is 2. The van der Waals surface area contributed by atoms with Crippen LogP contribution in [0.2, 0.25) is 0 Å². The number of nitrogens with zero attached hydrogens (tertiary/aromatic N) is 3. The number of thiocarbonyl (C=S) groups is 1. The Morgan fingerprint density at radius 2 is 1.86 bits per heavy atom. The molecule has 3 heterocycles. The van der Waals surface area contributed by atoms with E-state index in [1.165, 1.54) is 7.11 Å². The lowest BCUT2D eigenvalue weighted by molar-refractivity contribution is -0.119. The van der Waals surface area contributed by atoms with Crippen LogP contribution >= 0.6 is 12.2 Å². The van der Waals surface area contributed by atoms with Crippen molar-refractivity contribution in [2.75, 3.05) is 31.0 Å². The molecule has 188 valence electrons. The fraction of sp³-hybridized carbons (Fsp3) is 0.179. The molecule has 0 aliphatic carbocycles. The molecule has 2 aromatic heterocycles. The van der Waals surface area contributed by atoms with Crippen LogP contribution in [0.1, 0.15) is 23.3 Å². The average Bonchev–Trinajstić information content (AvgIpc) is 3.54. The van der Waals surface area contributed by atoms with Crippen molar-refractivity contribution in [3.8, 4) is 11.4 Å². The molecule has 8 nitrogen and oxygen atoms in total. The zero-order chi connectivity index (χ0) is 25.8. The molecule has 2 atom stereocenters. The number of methoxy groups -OCH3 is 2. The van der Waals surface area contributed by atoms with Gasteiger partial charge in [-0.05, 0) is 66.3 Å². The molecule has 0 unspecified atom stereocenters. The van der Waals surface area contributed by atoms with Crippen molar-refractivity contribution in [1.82, 2.24) is 14.9 Å². The zero-order valence-corrected chi connectivity index (χ0v) is 21.3. The van der Waals surface area contributed by atoms with Gasteiger partial charge in [0.25, 0.3) is 0 Å². The summed E-state index contributed by atoms with van der Waals surface area (Å²) in [5.74, 6) is 0.266. The number of para-hydroxylation sites is 1. The van der Waals surface area contributed by atoms with Gasteiger partial charge >= 0.3 is 0 Å². The minimum absolute atomic E-state index is 0.0611. The molecule has 0 saturated carbocycles. The Morgan fingerprint density at radius 1 is 1.05 bits per heavy atom. The zero-order valence-electron chi connectivity index (χ0n) is 20.5. The lowest BCUT2D eigenvalue weighted by Gasteiger charge is -2.28. The number of carbonyl (C=O) groups is 1. The molecule has 1 aliphatic rings. The van der Waals surface area contributed by atoms with E-state index in [0.717, 1.165) is 22.6 Å². The second-order valence-corrected chi connectivity index (χ2v) is 8.94. The van der Waals surface area contributed by atoms with Crippen LogP contribution in [0.5, 0.6) is 5.75 Å². The van der Waals surface area contributed by atoms with E-state index >= 15 is 0 Å². The standard InChI is InChI=1S/C28H27N5O3S/c1-35-18-25(34)30-23-16-21(11-12-24(23)36-2)33-27(26(31-28(33)37)22-10-6-7-14-29-22)19-13-15-32(17-19)20-8-4-3-5-9-20/h3-17,26-27H,18H2,1-2H3,(H,30,34)(H,31,37)/t26-,27+/m1/s1. The molecule has 0 bridgehead atoms. The first-order chi connectivity index (χ1) is 18.1. The van der Waals surface area contributed by atoms with E-state index < -0.39 is 0 Å². The number of hydrogen-bond acceptors (Lipinski definition) is 5. The van der Waals surface area contributed by atoms with E-state index in [1.54, 1.807) is 13.3 Å². The first kappa shape index (κ1) is 24.5. The Balaban J connectivity index is 1.57. The second-order valence-electron chi connectivity index (χ2n) is 8.55. The van der Waals surface area contributed by atoms with Crippen LogP contribution in [0.25, 0.3) is 5.69 Å². The van der Waals surface area contributed by atoms with Crippen LogP contribution < -0.4 is 20.3 Å². The molecule has 1 saturated heterocycles. The van der Waals surface area contributed by atoms with Gasteiger partial charge in [0, 0.05) is 37.1 Å². The Kier molecular flexibility index (Phi) is 7.16. The van der Waals surface area contributed by atoms with E-state index in [-0.39, 0.29) is 24.6 Å². The van der Waals surface area contributed by atoms with Crippen molar-refractivity contribution in [2.45, 2.75) is 12.1 Å². The third kappa shape index (κ3) is 5.04. The Hall–Kier alpha value is -4.21. The molecule has 5 rings (SSSR count). The summed E-state index contributed by atoms with van der Waals surface area (Å²) >= 11 is 5.85. The number of amides is 1. The summed E-state index contributed by atoms with van der Waals surface area (Å²) in [4.78, 5) is 19.0. The predicted octanol–water partition coefficient (Wildman–Crippen LogP) is 4.64. The van der Waals surface area contributed by atoms with Crippen molar-refractivity contribution in [2.24, 2.45) is 0 Å². The second kappa shape index (κ2) is 10.8. The third-order valence-corrected chi connectivity index (χ3v) is 6.53. The molecule has 1 fully saturated rings. The van der Waals surface area contributed by atoms with E-state index in [4.69, 9.17) is 21.7 Å². The number of aromatic nitrogens is 2. The largest absolute Gasteiger partial charge is 0.495 e. The molecule has 4 aromatic rings. The number of pyridine rings is 1. The number of ether oxygens (including phenoxy) is 2. The minimum atomic E-state index is -0.275. The average molecular weight is 514 g/mol. The predicted molar refractivity (Wildman–Crippen MR) is 147 cm³/mol. The number of carbonyl (C=O) groups excluding carboxylic acids is 1. The number of rotatable bonds is 8. The highest BCUT2D eigenvalue weighted by Gasteiger charge is 2.41. The maximum atomic E-state index is 12.3. The maximum absolute atomic E-state index is 12.3. The van der Waals surface area contributed by atoms with Crippen molar-refractivity contribution < 1.29 is 14.3 Å². The first-order valence-corrected chi connectivity index (χ1v) is 12.2. The third-order valence-electron chi connectivity index (χ3n) is 6.22. The summed E-state index contributed by atoms with van der Waals surface area (Å²) < 4.78 is 12.5. The van der Waals surface area contributed by atoms with Crippen LogP contribution in [0.3, 0.4) is 0 Å². The molecule has 2 N–H and O–H groups in total. The van der Waals surface area contributed by atoms with Gasteiger partial charge in [0.05, 0.1) is 30.6 Å². The quantitative estimate of drug-likeness (QED) is 0.332. The van der Waals surface area contributed by atoms with Gasteiger partial charge in [-0.1, -0.05) is 24.3 Å². The van der Waals surface area contributed by atoms with Crippen LogP contribution in [-0.4, -0.2) is 41.4 Å². The van der Waals surface area contributed by atoms with Gasteiger partial charge in [-0.25, -0.2) is 0 Å². The summed E-state index contributed by atoms with van der Waals surface area (Å²) in [5.41, 5.74) is 4.35. The molecule has 2 aromatic carbocycles. The Morgan fingerprint density at radius 3 is 2.59 bits per heavy atom. The molecule has 1 amide bonds. The topological polar surface area (TPSA) is 80.7 Å². The van der Waals surface area contributed by atoms with Crippen molar-refractivity contribution in [1.29, 1.82) is 0 Å². The highest BCUT2D eigenvalue weighted by molar-refractivity contribution is 7.80. The van der Waals surface area contributed by atoms with Crippen LogP contribution in [-0.2, 0) is 9.53 Å². The highest BCUT2D eigenvalue weighted by atomic mass is 32.1. The monoisotopic (exact) mass is 513 g/mol. The summed E-state index contributed by atoms with van der Waals surface area (Å²) in [6.45, 7) is -0.0611. The maximum Gasteiger partial charge on any atom is 0.250 e. The van der Waals surface area contributed by atoms with Crippen LogP contribution in [0, 0.1) is 0 Å². The van der Waals surface area contributed by atoms with Gasteiger partial charge in [-0.3, -0.25) is 9.78 Å². The molecule has 9 heteroatoms. The SMILES string of the molecule is COCC(=O)Nc1cc(N2C(=S)N[C@H](c3ccccn3)[C@@H]2c2ccn(-c3ccccc3)c2)ccc1OC. The van der Waals surface area contributed by atoms with E-state index in [9.17, 15) is 4.79 Å². The molecule has 1 aliphatic heterocycles. The molecular weight excluding hydrogens is 486 g/mol. The summed E-state index contributed by atoms with van der Waals surface area (Å²) in [6.07, 6.45) is 5.94. The van der Waals surface area contributed by atoms with E-state index in [0.29, 0.717) is 16.5 Å². The van der Waals surface area contributed by atoms with Gasteiger partial charge in [-0.2, -0.15) is 0 Å². The van der Waals surface area contributed by atoms with Gasteiger partial charge in [0.1, 0.15) is 12.4 Å². The van der Waals surface area contributed by atoms with Crippen LogP contribution in [0.4, 0.5) is 11.4 Å². The smallest absolute Gasteiger partial charge is 0.250 e. The molecule has 0 spiro atoms. The van der Waals surface area contributed by atoms with E-state index in [1.807, 2.05) is 60.8 Å². The molecule has 37 heavy (non-hydrogen) atoms. The van der Waals surface area contributed by atoms with Crippen LogP contribution in [0.15, 0.2) is 91.4 Å².